The van der Waals surface area contributed by atoms with Crippen LogP contribution < -0.4 is 5.32 Å². The highest BCUT2D eigenvalue weighted by Gasteiger charge is 2.29. The Kier molecular flexibility index (Phi) is 5.19. The van der Waals surface area contributed by atoms with Crippen molar-refractivity contribution in [2.24, 2.45) is 0 Å². The van der Waals surface area contributed by atoms with Gasteiger partial charge in [-0.25, -0.2) is 0 Å². The van der Waals surface area contributed by atoms with E-state index < -0.39 is 0 Å². The lowest BCUT2D eigenvalue weighted by molar-refractivity contribution is -0.123. The van der Waals surface area contributed by atoms with Crippen molar-refractivity contribution < 1.29 is 9.59 Å². The molecule has 1 fully saturated rings. The number of aryl methyl sites for hydroxylation is 1. The van der Waals surface area contributed by atoms with Crippen LogP contribution >= 0.6 is 0 Å². The molecule has 5 nitrogen and oxygen atoms in total. The van der Waals surface area contributed by atoms with Crippen molar-refractivity contribution in [2.75, 3.05) is 13.1 Å². The first-order chi connectivity index (χ1) is 13.2. The first-order valence-corrected chi connectivity index (χ1v) is 9.80. The number of carbonyl (C=O) groups is 2. The second-order valence-electron chi connectivity index (χ2n) is 7.45. The van der Waals surface area contributed by atoms with E-state index in [1.807, 2.05) is 11.0 Å². The number of benzene rings is 1. The number of pyridine rings is 1. The average Bonchev–Trinajstić information content (AvgIpc) is 2.74. The summed E-state index contributed by atoms with van der Waals surface area (Å²) in [6.45, 7) is 1.35. The second kappa shape index (κ2) is 7.91. The maximum Gasteiger partial charge on any atom is 0.253 e. The number of nitrogens with one attached hydrogen (secondary N) is 1. The molecular formula is C22H25N3O2. The molecule has 1 saturated heterocycles. The van der Waals surface area contributed by atoms with Gasteiger partial charge in [0.1, 0.15) is 0 Å². The van der Waals surface area contributed by atoms with Gasteiger partial charge in [0.25, 0.3) is 5.91 Å². The van der Waals surface area contributed by atoms with Crippen LogP contribution in [0.3, 0.4) is 0 Å². The minimum Gasteiger partial charge on any atom is -0.353 e. The van der Waals surface area contributed by atoms with Gasteiger partial charge in [0, 0.05) is 37.1 Å². The molecule has 27 heavy (non-hydrogen) atoms. The number of piperidine rings is 1. The SMILES string of the molecule is O=C(NC1CCN(C(=O)c2ccncc2)CC1)C1CCCc2ccccc21. The molecule has 2 aliphatic rings. The molecule has 5 heteroatoms. The van der Waals surface area contributed by atoms with E-state index >= 15 is 0 Å². The van der Waals surface area contributed by atoms with Crippen molar-refractivity contribution in [1.82, 2.24) is 15.2 Å². The van der Waals surface area contributed by atoms with E-state index in [4.69, 9.17) is 0 Å². The van der Waals surface area contributed by atoms with Crippen LogP contribution in [0.25, 0.3) is 0 Å². The van der Waals surface area contributed by atoms with Gasteiger partial charge in [0.15, 0.2) is 0 Å². The zero-order valence-electron chi connectivity index (χ0n) is 15.4. The molecule has 0 bridgehead atoms. The van der Waals surface area contributed by atoms with E-state index in [1.54, 1.807) is 24.5 Å². The van der Waals surface area contributed by atoms with E-state index in [2.05, 4.69) is 28.5 Å². The lowest BCUT2D eigenvalue weighted by Gasteiger charge is -2.34. The molecule has 1 N–H and O–H groups in total. The summed E-state index contributed by atoms with van der Waals surface area (Å²) in [5.74, 6) is 0.149. The number of amides is 2. The lowest BCUT2D eigenvalue weighted by Crippen LogP contribution is -2.47. The Hall–Kier alpha value is -2.69. The third kappa shape index (κ3) is 3.87. The predicted molar refractivity (Wildman–Crippen MR) is 103 cm³/mol. The van der Waals surface area contributed by atoms with E-state index in [-0.39, 0.29) is 23.8 Å². The summed E-state index contributed by atoms with van der Waals surface area (Å²) in [5.41, 5.74) is 3.17. The fraction of sp³-hybridized carbons (Fsp3) is 0.409. The summed E-state index contributed by atoms with van der Waals surface area (Å²) in [6, 6.07) is 11.9. The van der Waals surface area contributed by atoms with Gasteiger partial charge < -0.3 is 10.2 Å². The van der Waals surface area contributed by atoms with Crippen LogP contribution in [-0.2, 0) is 11.2 Å². The topological polar surface area (TPSA) is 62.3 Å². The van der Waals surface area contributed by atoms with Gasteiger partial charge in [-0.1, -0.05) is 24.3 Å². The van der Waals surface area contributed by atoms with E-state index in [0.717, 1.165) is 32.1 Å². The van der Waals surface area contributed by atoms with Crippen molar-refractivity contribution in [1.29, 1.82) is 0 Å². The largest absolute Gasteiger partial charge is 0.353 e. The molecule has 0 saturated carbocycles. The number of hydrogen-bond acceptors (Lipinski definition) is 3. The van der Waals surface area contributed by atoms with Gasteiger partial charge in [-0.2, -0.15) is 0 Å². The molecule has 1 atom stereocenters. The van der Waals surface area contributed by atoms with Crippen molar-refractivity contribution in [3.8, 4) is 0 Å². The Morgan fingerprint density at radius 2 is 1.74 bits per heavy atom. The maximum absolute atomic E-state index is 12.9. The summed E-state index contributed by atoms with van der Waals surface area (Å²) in [7, 11) is 0. The second-order valence-corrected chi connectivity index (χ2v) is 7.45. The van der Waals surface area contributed by atoms with Crippen LogP contribution in [0.2, 0.25) is 0 Å². The highest BCUT2D eigenvalue weighted by molar-refractivity contribution is 5.94. The van der Waals surface area contributed by atoms with Gasteiger partial charge in [-0.3, -0.25) is 14.6 Å². The normalized spacial score (nSPS) is 20.0. The van der Waals surface area contributed by atoms with Gasteiger partial charge in [-0.15, -0.1) is 0 Å². The van der Waals surface area contributed by atoms with Crippen LogP contribution in [0.15, 0.2) is 48.8 Å². The number of fused-ring (bicyclic) bond motifs is 1. The molecule has 0 spiro atoms. The molecule has 1 unspecified atom stereocenters. The lowest BCUT2D eigenvalue weighted by atomic mass is 9.82. The minimum absolute atomic E-state index is 0.0357. The van der Waals surface area contributed by atoms with Gasteiger partial charge in [-0.05, 0) is 55.4 Å². The fourth-order valence-corrected chi connectivity index (χ4v) is 4.23. The highest BCUT2D eigenvalue weighted by Crippen LogP contribution is 2.31. The van der Waals surface area contributed by atoms with Crippen molar-refractivity contribution in [2.45, 2.75) is 44.1 Å². The van der Waals surface area contributed by atoms with Crippen LogP contribution in [-0.4, -0.2) is 40.8 Å². The molecule has 2 heterocycles. The molecule has 4 rings (SSSR count). The van der Waals surface area contributed by atoms with Crippen LogP contribution in [0, 0.1) is 0 Å². The standard InChI is InChI=1S/C22H25N3O2/c26-21(20-7-3-5-16-4-1-2-6-19(16)20)24-18-10-14-25(15-11-18)22(27)17-8-12-23-13-9-17/h1-2,4,6,8-9,12-13,18,20H,3,5,7,10-11,14-15H2,(H,24,26). The Morgan fingerprint density at radius 1 is 1.00 bits per heavy atom. The molecule has 1 aliphatic carbocycles. The summed E-state index contributed by atoms with van der Waals surface area (Å²) in [5, 5.41) is 3.24. The predicted octanol–water partition coefficient (Wildman–Crippen LogP) is 2.92. The third-order valence-electron chi connectivity index (χ3n) is 5.74. The smallest absolute Gasteiger partial charge is 0.253 e. The number of rotatable bonds is 3. The van der Waals surface area contributed by atoms with E-state index in [1.165, 1.54) is 11.1 Å². The number of carbonyl (C=O) groups excluding carboxylic acids is 2. The van der Waals surface area contributed by atoms with Crippen LogP contribution in [0.4, 0.5) is 0 Å². The molecule has 140 valence electrons. The fourth-order valence-electron chi connectivity index (χ4n) is 4.23. The molecular weight excluding hydrogens is 338 g/mol. The maximum atomic E-state index is 12.9. The van der Waals surface area contributed by atoms with Crippen molar-refractivity contribution in [3.63, 3.8) is 0 Å². The van der Waals surface area contributed by atoms with Gasteiger partial charge in [0.2, 0.25) is 5.91 Å². The molecule has 2 aromatic rings. The molecule has 2 amide bonds. The Morgan fingerprint density at radius 3 is 2.52 bits per heavy atom. The molecule has 0 radical (unpaired) electrons. The minimum atomic E-state index is -0.0357. The van der Waals surface area contributed by atoms with Crippen molar-refractivity contribution >= 4 is 11.8 Å². The first kappa shape index (κ1) is 17.7. The van der Waals surface area contributed by atoms with Gasteiger partial charge in [0.05, 0.1) is 5.92 Å². The number of likely N-dealkylation sites (tertiary alicyclic amines) is 1. The van der Waals surface area contributed by atoms with E-state index in [9.17, 15) is 9.59 Å². The molecule has 1 aromatic heterocycles. The Labute approximate surface area is 159 Å². The number of aromatic nitrogens is 1. The highest BCUT2D eigenvalue weighted by atomic mass is 16.2. The van der Waals surface area contributed by atoms with Crippen LogP contribution in [0.5, 0.6) is 0 Å². The Balaban J connectivity index is 1.33. The zero-order chi connectivity index (χ0) is 18.6. The summed E-state index contributed by atoms with van der Waals surface area (Å²) in [4.78, 5) is 31.2. The van der Waals surface area contributed by atoms with E-state index in [0.29, 0.717) is 18.7 Å². The first-order valence-electron chi connectivity index (χ1n) is 9.80. The van der Waals surface area contributed by atoms with Crippen molar-refractivity contribution in [3.05, 3.63) is 65.5 Å². The average molecular weight is 363 g/mol. The quantitative estimate of drug-likeness (QED) is 0.912. The van der Waals surface area contributed by atoms with Crippen LogP contribution in [0.1, 0.15) is 53.1 Å². The summed E-state index contributed by atoms with van der Waals surface area (Å²) < 4.78 is 0. The van der Waals surface area contributed by atoms with Gasteiger partial charge >= 0.3 is 0 Å². The molecule has 1 aromatic carbocycles. The number of nitrogens with zero attached hydrogens (tertiary/aromatic N) is 2. The Bertz CT molecular complexity index is 813. The molecule has 1 aliphatic heterocycles. The number of hydrogen-bond donors (Lipinski definition) is 1. The monoisotopic (exact) mass is 363 g/mol. The third-order valence-corrected chi connectivity index (χ3v) is 5.74. The summed E-state index contributed by atoms with van der Waals surface area (Å²) >= 11 is 0. The summed E-state index contributed by atoms with van der Waals surface area (Å²) in [6.07, 6.45) is 7.93. The zero-order valence-corrected chi connectivity index (χ0v) is 15.4.